The van der Waals surface area contributed by atoms with Gasteiger partial charge in [-0.15, -0.1) is 0 Å². The zero-order valence-electron chi connectivity index (χ0n) is 15.6. The molecule has 2 unspecified atom stereocenters. The molecule has 5 nitrogen and oxygen atoms in total. The third-order valence-electron chi connectivity index (χ3n) is 5.30. The Bertz CT molecular complexity index is 794. The number of carbonyl (C=O) groups excluding carboxylic acids is 1. The van der Waals surface area contributed by atoms with Gasteiger partial charge in [-0.1, -0.05) is 26.0 Å². The molecule has 0 N–H and O–H groups in total. The van der Waals surface area contributed by atoms with Gasteiger partial charge in [0, 0.05) is 32.1 Å². The summed E-state index contributed by atoms with van der Waals surface area (Å²) in [6.45, 7) is 7.47. The maximum atomic E-state index is 13.5. The second-order valence-electron chi connectivity index (χ2n) is 7.95. The van der Waals surface area contributed by atoms with E-state index in [9.17, 15) is 17.6 Å². The molecule has 3 rings (SSSR count). The van der Waals surface area contributed by atoms with E-state index in [-0.39, 0.29) is 41.2 Å². The van der Waals surface area contributed by atoms with Crippen molar-refractivity contribution < 1.29 is 17.6 Å². The summed E-state index contributed by atoms with van der Waals surface area (Å²) in [6.07, 6.45) is 0.445. The highest BCUT2D eigenvalue weighted by molar-refractivity contribution is 7.91. The topological polar surface area (TPSA) is 57.7 Å². The first kappa shape index (κ1) is 19.3. The van der Waals surface area contributed by atoms with Crippen LogP contribution < -0.4 is 0 Å². The first-order valence-corrected chi connectivity index (χ1v) is 11.0. The summed E-state index contributed by atoms with van der Waals surface area (Å²) in [5.41, 5.74) is 1.55. The van der Waals surface area contributed by atoms with Gasteiger partial charge in [-0.2, -0.15) is 0 Å². The lowest BCUT2D eigenvalue weighted by molar-refractivity contribution is -0.137. The van der Waals surface area contributed by atoms with Crippen molar-refractivity contribution in [3.05, 3.63) is 35.1 Å². The summed E-state index contributed by atoms with van der Waals surface area (Å²) in [7, 11) is -3.16. The first-order chi connectivity index (χ1) is 12.2. The molecule has 1 amide bonds. The molecule has 2 fully saturated rings. The minimum absolute atomic E-state index is 0.0421. The van der Waals surface area contributed by atoms with E-state index in [0.717, 1.165) is 5.56 Å². The molecular formula is C19H27FN2O3S. The molecule has 0 aliphatic carbocycles. The molecule has 2 heterocycles. The van der Waals surface area contributed by atoms with Crippen LogP contribution in [-0.2, 0) is 21.2 Å². The highest BCUT2D eigenvalue weighted by Crippen LogP contribution is 2.29. The number of fused-ring (bicyclic) bond motifs is 1. The van der Waals surface area contributed by atoms with E-state index in [1.807, 2.05) is 19.9 Å². The molecule has 2 atom stereocenters. The summed E-state index contributed by atoms with van der Waals surface area (Å²) >= 11 is 0. The number of hydrogen-bond donors (Lipinski definition) is 0. The third kappa shape index (κ3) is 4.09. The third-order valence-corrected chi connectivity index (χ3v) is 7.00. The molecule has 1 aromatic carbocycles. The van der Waals surface area contributed by atoms with Crippen molar-refractivity contribution in [3.8, 4) is 0 Å². The molecule has 0 spiro atoms. The fraction of sp³-hybridized carbons (Fsp3) is 0.632. The number of nitrogens with zero attached hydrogens (tertiary/aromatic N) is 2. The van der Waals surface area contributed by atoms with Gasteiger partial charge in [0.2, 0.25) is 5.91 Å². The molecule has 1 aromatic rings. The number of sulfone groups is 1. The number of hydrogen-bond acceptors (Lipinski definition) is 4. The lowest BCUT2D eigenvalue weighted by atomic mass is 10.0. The average molecular weight is 383 g/mol. The molecule has 2 aliphatic rings. The van der Waals surface area contributed by atoms with E-state index >= 15 is 0 Å². The number of rotatable bonds is 4. The molecule has 0 radical (unpaired) electrons. The highest BCUT2D eigenvalue weighted by Gasteiger charge is 2.47. The van der Waals surface area contributed by atoms with E-state index in [1.165, 1.54) is 6.07 Å². The van der Waals surface area contributed by atoms with Crippen LogP contribution in [0.3, 0.4) is 0 Å². The Balaban J connectivity index is 1.80. The Morgan fingerprint density at radius 1 is 1.23 bits per heavy atom. The fourth-order valence-corrected chi connectivity index (χ4v) is 6.05. The van der Waals surface area contributed by atoms with E-state index in [4.69, 9.17) is 0 Å². The molecular weight excluding hydrogens is 355 g/mol. The summed E-state index contributed by atoms with van der Waals surface area (Å²) in [6, 6.07) is 4.55. The minimum atomic E-state index is -3.16. The SMILES string of the molecule is Cc1cc(CN2CCN(C(=O)CC(C)C)C3CS(=O)(=O)CC32)ccc1F. The zero-order valence-corrected chi connectivity index (χ0v) is 16.4. The van der Waals surface area contributed by atoms with Crippen LogP contribution in [0.15, 0.2) is 18.2 Å². The van der Waals surface area contributed by atoms with Crippen molar-refractivity contribution in [2.45, 2.75) is 45.8 Å². The molecule has 0 saturated carbocycles. The lowest BCUT2D eigenvalue weighted by Gasteiger charge is -2.44. The van der Waals surface area contributed by atoms with Gasteiger partial charge in [-0.3, -0.25) is 9.69 Å². The van der Waals surface area contributed by atoms with Gasteiger partial charge in [0.25, 0.3) is 0 Å². The predicted octanol–water partition coefficient (Wildman–Crippen LogP) is 1.99. The first-order valence-electron chi connectivity index (χ1n) is 9.15. The summed E-state index contributed by atoms with van der Waals surface area (Å²) < 4.78 is 38.0. The minimum Gasteiger partial charge on any atom is -0.336 e. The van der Waals surface area contributed by atoms with Gasteiger partial charge in [0.05, 0.1) is 17.5 Å². The largest absolute Gasteiger partial charge is 0.336 e. The average Bonchev–Trinajstić information content (AvgIpc) is 2.85. The Hall–Kier alpha value is -1.47. The van der Waals surface area contributed by atoms with Crippen LogP contribution in [0.1, 0.15) is 31.4 Å². The number of piperazine rings is 1. The van der Waals surface area contributed by atoms with Crippen LogP contribution in [0.2, 0.25) is 0 Å². The second-order valence-corrected chi connectivity index (χ2v) is 10.1. The molecule has 2 saturated heterocycles. The van der Waals surface area contributed by atoms with Gasteiger partial charge in [-0.05, 0) is 30.0 Å². The smallest absolute Gasteiger partial charge is 0.223 e. The molecule has 26 heavy (non-hydrogen) atoms. The standard InChI is InChI=1S/C19H27FN2O3S/c1-13(2)8-19(23)22-7-6-21(17-11-26(24,25)12-18(17)22)10-15-4-5-16(20)14(3)9-15/h4-5,9,13,17-18H,6-8,10-12H2,1-3H3. The van der Waals surface area contributed by atoms with Gasteiger partial charge < -0.3 is 4.90 Å². The number of amides is 1. The Labute approximate surface area is 155 Å². The predicted molar refractivity (Wildman–Crippen MR) is 98.9 cm³/mol. The normalized spacial score (nSPS) is 25.5. The number of benzene rings is 1. The van der Waals surface area contributed by atoms with Gasteiger partial charge in [0.1, 0.15) is 5.82 Å². The molecule has 144 valence electrons. The summed E-state index contributed by atoms with van der Waals surface area (Å²) in [5.74, 6) is 0.187. The van der Waals surface area contributed by atoms with Crippen molar-refractivity contribution in [2.75, 3.05) is 24.6 Å². The van der Waals surface area contributed by atoms with Gasteiger partial charge in [0.15, 0.2) is 9.84 Å². The maximum absolute atomic E-state index is 13.5. The van der Waals surface area contributed by atoms with Crippen LogP contribution in [0, 0.1) is 18.7 Å². The van der Waals surface area contributed by atoms with Crippen LogP contribution in [0.25, 0.3) is 0 Å². The Morgan fingerprint density at radius 3 is 2.58 bits per heavy atom. The number of halogens is 1. The zero-order chi connectivity index (χ0) is 19.1. The molecule has 2 aliphatic heterocycles. The lowest BCUT2D eigenvalue weighted by Crippen LogP contribution is -2.60. The number of carbonyl (C=O) groups is 1. The summed E-state index contributed by atoms with van der Waals surface area (Å²) in [5, 5.41) is 0. The fourth-order valence-electron chi connectivity index (χ4n) is 4.04. The van der Waals surface area contributed by atoms with Crippen molar-refractivity contribution >= 4 is 15.7 Å². The van der Waals surface area contributed by atoms with Crippen molar-refractivity contribution in [2.24, 2.45) is 5.92 Å². The second kappa shape index (κ2) is 7.27. The van der Waals surface area contributed by atoms with Crippen LogP contribution in [0.5, 0.6) is 0 Å². The van der Waals surface area contributed by atoms with Crippen LogP contribution >= 0.6 is 0 Å². The van der Waals surface area contributed by atoms with Crippen LogP contribution in [0.4, 0.5) is 4.39 Å². The van der Waals surface area contributed by atoms with Gasteiger partial charge >= 0.3 is 0 Å². The van der Waals surface area contributed by atoms with Gasteiger partial charge in [-0.25, -0.2) is 12.8 Å². The Morgan fingerprint density at radius 2 is 1.92 bits per heavy atom. The van der Waals surface area contributed by atoms with E-state index in [2.05, 4.69) is 4.90 Å². The van der Waals surface area contributed by atoms with Crippen molar-refractivity contribution in [1.82, 2.24) is 9.80 Å². The van der Waals surface area contributed by atoms with E-state index in [1.54, 1.807) is 17.9 Å². The number of aryl methyl sites for hydroxylation is 1. The van der Waals surface area contributed by atoms with E-state index < -0.39 is 9.84 Å². The van der Waals surface area contributed by atoms with E-state index in [0.29, 0.717) is 31.6 Å². The Kier molecular flexibility index (Phi) is 5.40. The van der Waals surface area contributed by atoms with Crippen molar-refractivity contribution in [1.29, 1.82) is 0 Å². The van der Waals surface area contributed by atoms with Crippen molar-refractivity contribution in [3.63, 3.8) is 0 Å². The van der Waals surface area contributed by atoms with Crippen LogP contribution in [-0.4, -0.2) is 60.8 Å². The molecule has 0 bridgehead atoms. The molecule has 0 aromatic heterocycles. The molecule has 7 heteroatoms. The summed E-state index contributed by atoms with van der Waals surface area (Å²) in [4.78, 5) is 16.5. The highest BCUT2D eigenvalue weighted by atomic mass is 32.2. The quantitative estimate of drug-likeness (QED) is 0.799. The monoisotopic (exact) mass is 382 g/mol. The maximum Gasteiger partial charge on any atom is 0.223 e.